The summed E-state index contributed by atoms with van der Waals surface area (Å²) in [5, 5.41) is 3.58. The molecule has 0 unspecified atom stereocenters. The third kappa shape index (κ3) is 1.82. The summed E-state index contributed by atoms with van der Waals surface area (Å²) in [6, 6.07) is 6.59. The summed E-state index contributed by atoms with van der Waals surface area (Å²) in [7, 11) is 0. The highest BCUT2D eigenvalue weighted by Gasteiger charge is 2.35. The maximum absolute atomic E-state index is 13.6. The molecule has 1 aromatic carbocycles. The van der Waals surface area contributed by atoms with Crippen molar-refractivity contribution in [2.24, 2.45) is 0 Å². The number of nitrogens with zero attached hydrogens (tertiary/aromatic N) is 1. The van der Waals surface area contributed by atoms with Gasteiger partial charge in [0.05, 0.1) is 0 Å². The van der Waals surface area contributed by atoms with Crippen LogP contribution >= 0.6 is 0 Å². The molecule has 0 amide bonds. The molecule has 3 heteroatoms. The molecule has 2 atom stereocenters. The van der Waals surface area contributed by atoms with Gasteiger partial charge < -0.3 is 10.2 Å². The molecular formula is C14H19FN2. The van der Waals surface area contributed by atoms with Gasteiger partial charge in [-0.25, -0.2) is 4.39 Å². The fraction of sp³-hybridized carbons (Fsp3) is 0.571. The standard InChI is InChI=1S/C14H19FN2/c1-10-11(15)4-2-6-13(10)17-9-8-16-12-5-3-7-14(12)17/h2,4,6,12,14,16H,3,5,7-9H2,1H3/t12-,14+/m0/s1. The van der Waals surface area contributed by atoms with Gasteiger partial charge in [-0.1, -0.05) is 6.07 Å². The molecule has 0 aromatic heterocycles. The van der Waals surface area contributed by atoms with Crippen LogP contribution in [0.15, 0.2) is 18.2 Å². The van der Waals surface area contributed by atoms with Crippen LogP contribution in [0.25, 0.3) is 0 Å². The lowest BCUT2D eigenvalue weighted by atomic mass is 10.0. The third-order valence-electron chi connectivity index (χ3n) is 4.19. The van der Waals surface area contributed by atoms with E-state index in [2.05, 4.69) is 16.3 Å². The summed E-state index contributed by atoms with van der Waals surface area (Å²) >= 11 is 0. The Morgan fingerprint density at radius 1 is 1.35 bits per heavy atom. The average molecular weight is 234 g/mol. The summed E-state index contributed by atoms with van der Waals surface area (Å²) in [6.07, 6.45) is 3.77. The Balaban J connectivity index is 1.94. The molecule has 2 fully saturated rings. The van der Waals surface area contributed by atoms with E-state index in [1.165, 1.54) is 19.3 Å². The normalized spacial score (nSPS) is 28.2. The van der Waals surface area contributed by atoms with Crippen LogP contribution in [0.2, 0.25) is 0 Å². The minimum absolute atomic E-state index is 0.0874. The number of benzene rings is 1. The maximum atomic E-state index is 13.6. The van der Waals surface area contributed by atoms with E-state index in [1.807, 2.05) is 13.0 Å². The van der Waals surface area contributed by atoms with Crippen LogP contribution < -0.4 is 10.2 Å². The zero-order valence-electron chi connectivity index (χ0n) is 10.2. The predicted molar refractivity (Wildman–Crippen MR) is 67.9 cm³/mol. The van der Waals surface area contributed by atoms with Gasteiger partial charge in [0, 0.05) is 36.4 Å². The summed E-state index contributed by atoms with van der Waals surface area (Å²) in [4.78, 5) is 2.41. The minimum atomic E-state index is -0.0874. The van der Waals surface area contributed by atoms with Gasteiger partial charge in [-0.2, -0.15) is 0 Å². The lowest BCUT2D eigenvalue weighted by Crippen LogP contribution is -2.55. The Bertz CT molecular complexity index is 419. The predicted octanol–water partition coefficient (Wildman–Crippen LogP) is 2.46. The van der Waals surface area contributed by atoms with Crippen LogP contribution in [0.3, 0.4) is 0 Å². The summed E-state index contributed by atoms with van der Waals surface area (Å²) in [5.41, 5.74) is 1.88. The zero-order valence-corrected chi connectivity index (χ0v) is 10.2. The van der Waals surface area contributed by atoms with Gasteiger partial charge >= 0.3 is 0 Å². The highest BCUT2D eigenvalue weighted by Crippen LogP contribution is 2.32. The second kappa shape index (κ2) is 4.30. The maximum Gasteiger partial charge on any atom is 0.128 e. The molecule has 2 aliphatic rings. The molecule has 1 aliphatic carbocycles. The monoisotopic (exact) mass is 234 g/mol. The van der Waals surface area contributed by atoms with Gasteiger partial charge in [0.2, 0.25) is 0 Å². The quantitative estimate of drug-likeness (QED) is 0.803. The van der Waals surface area contributed by atoms with Crippen molar-refractivity contribution in [3.8, 4) is 0 Å². The molecular weight excluding hydrogens is 215 g/mol. The fourth-order valence-corrected chi connectivity index (χ4v) is 3.29. The van der Waals surface area contributed by atoms with Gasteiger partial charge in [-0.3, -0.25) is 0 Å². The fourth-order valence-electron chi connectivity index (χ4n) is 3.29. The molecule has 92 valence electrons. The van der Waals surface area contributed by atoms with Crippen molar-refractivity contribution >= 4 is 5.69 Å². The third-order valence-corrected chi connectivity index (χ3v) is 4.19. The van der Waals surface area contributed by atoms with Gasteiger partial charge in [0.25, 0.3) is 0 Å². The molecule has 2 nitrogen and oxygen atoms in total. The topological polar surface area (TPSA) is 15.3 Å². The van der Waals surface area contributed by atoms with E-state index in [1.54, 1.807) is 6.07 Å². The van der Waals surface area contributed by atoms with E-state index in [0.717, 1.165) is 24.3 Å². The molecule has 0 spiro atoms. The summed E-state index contributed by atoms with van der Waals surface area (Å²) in [5.74, 6) is -0.0874. The SMILES string of the molecule is Cc1c(F)cccc1N1CCN[C@H]2CCC[C@H]21. The van der Waals surface area contributed by atoms with Gasteiger partial charge in [0.15, 0.2) is 0 Å². The van der Waals surface area contributed by atoms with Gasteiger partial charge in [-0.15, -0.1) is 0 Å². The van der Waals surface area contributed by atoms with Crippen molar-refractivity contribution in [1.29, 1.82) is 0 Å². The van der Waals surface area contributed by atoms with Crippen molar-refractivity contribution in [3.63, 3.8) is 0 Å². The molecule has 1 N–H and O–H groups in total. The van der Waals surface area contributed by atoms with Crippen LogP contribution in [0.1, 0.15) is 24.8 Å². The van der Waals surface area contributed by atoms with E-state index in [0.29, 0.717) is 12.1 Å². The number of hydrogen-bond donors (Lipinski definition) is 1. The van der Waals surface area contributed by atoms with Crippen molar-refractivity contribution in [3.05, 3.63) is 29.6 Å². The molecule has 1 saturated heterocycles. The Morgan fingerprint density at radius 2 is 2.24 bits per heavy atom. The first kappa shape index (κ1) is 11.0. The van der Waals surface area contributed by atoms with Crippen LogP contribution in [-0.2, 0) is 0 Å². The number of hydrogen-bond acceptors (Lipinski definition) is 2. The number of anilines is 1. The number of nitrogens with one attached hydrogen (secondary N) is 1. The van der Waals surface area contributed by atoms with Crippen molar-refractivity contribution in [2.75, 3.05) is 18.0 Å². The van der Waals surface area contributed by atoms with Gasteiger partial charge in [0.1, 0.15) is 5.82 Å². The second-order valence-corrected chi connectivity index (χ2v) is 5.14. The Hall–Kier alpha value is -1.09. The van der Waals surface area contributed by atoms with E-state index >= 15 is 0 Å². The van der Waals surface area contributed by atoms with E-state index in [4.69, 9.17) is 0 Å². The highest BCUT2D eigenvalue weighted by atomic mass is 19.1. The largest absolute Gasteiger partial charge is 0.365 e. The van der Waals surface area contributed by atoms with Crippen molar-refractivity contribution < 1.29 is 4.39 Å². The molecule has 1 saturated carbocycles. The first-order chi connectivity index (χ1) is 8.27. The second-order valence-electron chi connectivity index (χ2n) is 5.14. The molecule has 17 heavy (non-hydrogen) atoms. The lowest BCUT2D eigenvalue weighted by Gasteiger charge is -2.40. The molecule has 1 heterocycles. The van der Waals surface area contributed by atoms with Crippen LogP contribution in [0.5, 0.6) is 0 Å². The Labute approximate surface area is 102 Å². The molecule has 0 radical (unpaired) electrons. The first-order valence-electron chi connectivity index (χ1n) is 6.52. The molecule has 3 rings (SSSR count). The zero-order chi connectivity index (χ0) is 11.8. The number of fused-ring (bicyclic) bond motifs is 1. The molecule has 1 aromatic rings. The van der Waals surface area contributed by atoms with Crippen LogP contribution in [-0.4, -0.2) is 25.2 Å². The number of halogens is 1. The number of rotatable bonds is 1. The summed E-state index contributed by atoms with van der Waals surface area (Å²) in [6.45, 7) is 3.89. The van der Waals surface area contributed by atoms with Crippen molar-refractivity contribution in [2.45, 2.75) is 38.3 Å². The molecule has 0 bridgehead atoms. The smallest absolute Gasteiger partial charge is 0.128 e. The van der Waals surface area contributed by atoms with E-state index in [-0.39, 0.29) is 5.82 Å². The average Bonchev–Trinajstić information content (AvgIpc) is 2.81. The van der Waals surface area contributed by atoms with E-state index in [9.17, 15) is 4.39 Å². The lowest BCUT2D eigenvalue weighted by molar-refractivity contribution is 0.403. The Kier molecular flexibility index (Phi) is 2.79. The molecule has 1 aliphatic heterocycles. The first-order valence-corrected chi connectivity index (χ1v) is 6.52. The Morgan fingerprint density at radius 3 is 3.12 bits per heavy atom. The van der Waals surface area contributed by atoms with Crippen molar-refractivity contribution in [1.82, 2.24) is 5.32 Å². The number of piperazine rings is 1. The van der Waals surface area contributed by atoms with Crippen LogP contribution in [0.4, 0.5) is 10.1 Å². The minimum Gasteiger partial charge on any atom is -0.365 e. The van der Waals surface area contributed by atoms with Crippen LogP contribution in [0, 0.1) is 12.7 Å². The summed E-state index contributed by atoms with van der Waals surface area (Å²) < 4.78 is 13.6. The van der Waals surface area contributed by atoms with E-state index < -0.39 is 0 Å². The van der Waals surface area contributed by atoms with Gasteiger partial charge in [-0.05, 0) is 38.3 Å². The highest BCUT2D eigenvalue weighted by molar-refractivity contribution is 5.55.